The van der Waals surface area contributed by atoms with Gasteiger partial charge in [-0.3, -0.25) is 4.79 Å². The highest BCUT2D eigenvalue weighted by atomic mass is 16.4. The molecule has 3 aliphatic carbocycles. The Kier molecular flexibility index (Phi) is 3.30. The topological polar surface area (TPSA) is 115 Å². The summed E-state index contributed by atoms with van der Waals surface area (Å²) in [5, 5.41) is 39.3. The predicted octanol–water partition coefficient (Wildman–Crippen LogP) is 2.52. The molecule has 6 nitrogen and oxygen atoms in total. The fourth-order valence-corrected chi connectivity index (χ4v) is 4.75. The number of aliphatic carboxylic acids is 1. The third kappa shape index (κ3) is 2.00. The van der Waals surface area contributed by atoms with Crippen molar-refractivity contribution in [2.24, 2.45) is 5.41 Å². The number of aromatic carboxylic acids is 1. The number of aromatic hydroxyl groups is 1. The van der Waals surface area contributed by atoms with Crippen molar-refractivity contribution in [3.63, 3.8) is 0 Å². The number of phenols is 1. The van der Waals surface area contributed by atoms with Crippen molar-refractivity contribution < 1.29 is 30.0 Å². The number of hydrogen-bond donors (Lipinski definition) is 4. The van der Waals surface area contributed by atoms with Crippen LogP contribution >= 0.6 is 0 Å². The van der Waals surface area contributed by atoms with Gasteiger partial charge in [0.1, 0.15) is 16.7 Å². The normalized spacial score (nSPS) is 29.8. The van der Waals surface area contributed by atoms with Crippen molar-refractivity contribution in [1.29, 1.82) is 0 Å². The molecule has 25 heavy (non-hydrogen) atoms. The molecule has 0 aromatic heterocycles. The fourth-order valence-electron chi connectivity index (χ4n) is 4.75. The molecule has 3 atom stereocenters. The highest BCUT2D eigenvalue weighted by Crippen LogP contribution is 2.57. The average Bonchev–Trinajstić information content (AvgIpc) is 2.92. The molecule has 6 heteroatoms. The van der Waals surface area contributed by atoms with Crippen LogP contribution in [0, 0.1) is 5.41 Å². The zero-order chi connectivity index (χ0) is 17.9. The third-order valence-electron chi connectivity index (χ3n) is 5.96. The van der Waals surface area contributed by atoms with E-state index in [2.05, 4.69) is 0 Å². The van der Waals surface area contributed by atoms with E-state index in [0.717, 1.165) is 22.3 Å². The van der Waals surface area contributed by atoms with Gasteiger partial charge in [-0.2, -0.15) is 0 Å². The van der Waals surface area contributed by atoms with Gasteiger partial charge in [0.15, 0.2) is 0 Å². The molecule has 0 saturated heterocycles. The van der Waals surface area contributed by atoms with Crippen LogP contribution in [0.4, 0.5) is 0 Å². The number of fused-ring (bicyclic) bond motifs is 4. The Morgan fingerprint density at radius 3 is 2.56 bits per heavy atom. The van der Waals surface area contributed by atoms with E-state index in [1.165, 1.54) is 12.1 Å². The molecule has 4 N–H and O–H groups in total. The van der Waals surface area contributed by atoms with Crippen LogP contribution in [0.3, 0.4) is 0 Å². The predicted molar refractivity (Wildman–Crippen MR) is 88.4 cm³/mol. The number of allylic oxidation sites excluding steroid dienone is 2. The standard InChI is InChI=1S/C19H18O6/c20-15-7-9-1-2-11-10(12(9)8-13(15)17(22)23)5-6-19(18(24)25)14(11)3-4-16(19)21/h1-2,7-8,10,16,20-21H,3-6H2,(H,22,23)(H,24,25)/t10-,16-,19+/m0/s1. The Morgan fingerprint density at radius 2 is 1.88 bits per heavy atom. The summed E-state index contributed by atoms with van der Waals surface area (Å²) in [4.78, 5) is 23.3. The van der Waals surface area contributed by atoms with Gasteiger partial charge in [0.25, 0.3) is 0 Å². The van der Waals surface area contributed by atoms with Gasteiger partial charge in [-0.1, -0.05) is 12.2 Å². The summed E-state index contributed by atoms with van der Waals surface area (Å²) >= 11 is 0. The zero-order valence-corrected chi connectivity index (χ0v) is 13.4. The number of rotatable bonds is 2. The largest absolute Gasteiger partial charge is 0.507 e. The van der Waals surface area contributed by atoms with Crippen LogP contribution < -0.4 is 0 Å². The van der Waals surface area contributed by atoms with Crippen LogP contribution in [0.5, 0.6) is 5.75 Å². The molecule has 1 fully saturated rings. The van der Waals surface area contributed by atoms with Gasteiger partial charge in [-0.05, 0) is 60.1 Å². The van der Waals surface area contributed by atoms with Gasteiger partial charge in [0.2, 0.25) is 0 Å². The van der Waals surface area contributed by atoms with E-state index >= 15 is 0 Å². The number of aliphatic hydroxyl groups excluding tert-OH is 1. The van der Waals surface area contributed by atoms with Gasteiger partial charge in [-0.15, -0.1) is 0 Å². The zero-order valence-electron chi connectivity index (χ0n) is 13.4. The summed E-state index contributed by atoms with van der Waals surface area (Å²) in [7, 11) is 0. The van der Waals surface area contributed by atoms with E-state index < -0.39 is 23.5 Å². The lowest BCUT2D eigenvalue weighted by molar-refractivity contribution is -0.152. The van der Waals surface area contributed by atoms with Crippen LogP contribution in [0.1, 0.15) is 53.1 Å². The second kappa shape index (κ2) is 5.20. The second-order valence-electron chi connectivity index (χ2n) is 6.99. The van der Waals surface area contributed by atoms with Crippen LogP contribution in [0.15, 0.2) is 29.4 Å². The highest BCUT2D eigenvalue weighted by molar-refractivity contribution is 5.92. The highest BCUT2D eigenvalue weighted by Gasteiger charge is 2.55. The van der Waals surface area contributed by atoms with Crippen molar-refractivity contribution in [2.45, 2.75) is 37.7 Å². The molecule has 1 saturated carbocycles. The first-order valence-electron chi connectivity index (χ1n) is 8.29. The monoisotopic (exact) mass is 342 g/mol. The molecule has 0 amide bonds. The average molecular weight is 342 g/mol. The molecule has 0 radical (unpaired) electrons. The molecule has 4 rings (SSSR count). The van der Waals surface area contributed by atoms with E-state index in [1.807, 2.05) is 6.08 Å². The molecule has 3 aliphatic rings. The SMILES string of the molecule is O=C(O)c1cc2c(cc1O)C=CC1=C3CC[C@H](O)[C@@]3(C(=O)O)CC[C@@H]12. The Balaban J connectivity index is 1.90. The van der Waals surface area contributed by atoms with Gasteiger partial charge in [0, 0.05) is 5.92 Å². The summed E-state index contributed by atoms with van der Waals surface area (Å²) in [5.41, 5.74) is 1.80. The van der Waals surface area contributed by atoms with Gasteiger partial charge >= 0.3 is 11.9 Å². The minimum absolute atomic E-state index is 0.105. The summed E-state index contributed by atoms with van der Waals surface area (Å²) in [6.45, 7) is 0. The number of carbonyl (C=O) groups is 2. The first kappa shape index (κ1) is 15.9. The van der Waals surface area contributed by atoms with Crippen molar-refractivity contribution >= 4 is 18.0 Å². The van der Waals surface area contributed by atoms with Crippen LogP contribution in [0.2, 0.25) is 0 Å². The van der Waals surface area contributed by atoms with Gasteiger partial charge < -0.3 is 20.4 Å². The first-order chi connectivity index (χ1) is 11.9. The van der Waals surface area contributed by atoms with Gasteiger partial charge in [-0.25, -0.2) is 4.79 Å². The Hall–Kier alpha value is -2.60. The van der Waals surface area contributed by atoms with Crippen LogP contribution in [-0.4, -0.2) is 38.5 Å². The van der Waals surface area contributed by atoms with E-state index in [0.29, 0.717) is 25.7 Å². The number of hydrogen-bond acceptors (Lipinski definition) is 4. The molecular weight excluding hydrogens is 324 g/mol. The second-order valence-corrected chi connectivity index (χ2v) is 6.99. The van der Waals surface area contributed by atoms with Crippen molar-refractivity contribution in [1.82, 2.24) is 0 Å². The fraction of sp³-hybridized carbons (Fsp3) is 0.368. The van der Waals surface area contributed by atoms with E-state index in [9.17, 15) is 30.0 Å². The number of carboxylic acid groups (broad SMARTS) is 2. The molecule has 0 heterocycles. The number of benzene rings is 1. The lowest BCUT2D eigenvalue weighted by Gasteiger charge is -2.40. The van der Waals surface area contributed by atoms with Crippen molar-refractivity contribution in [3.8, 4) is 5.75 Å². The number of carboxylic acids is 2. The smallest absolute Gasteiger partial charge is 0.339 e. The summed E-state index contributed by atoms with van der Waals surface area (Å²) in [6.07, 6.45) is 4.54. The van der Waals surface area contributed by atoms with Gasteiger partial charge in [0.05, 0.1) is 6.10 Å². The van der Waals surface area contributed by atoms with E-state index in [1.54, 1.807) is 6.08 Å². The van der Waals surface area contributed by atoms with Crippen molar-refractivity contribution in [3.05, 3.63) is 46.0 Å². The molecule has 0 unspecified atom stereocenters. The molecule has 0 bridgehead atoms. The van der Waals surface area contributed by atoms with Crippen LogP contribution in [-0.2, 0) is 4.79 Å². The third-order valence-corrected chi connectivity index (χ3v) is 5.96. The number of aliphatic hydroxyl groups is 1. The van der Waals surface area contributed by atoms with E-state index in [-0.39, 0.29) is 17.2 Å². The van der Waals surface area contributed by atoms with E-state index in [4.69, 9.17) is 0 Å². The first-order valence-corrected chi connectivity index (χ1v) is 8.29. The molecule has 0 spiro atoms. The summed E-state index contributed by atoms with van der Waals surface area (Å²) < 4.78 is 0. The maximum atomic E-state index is 11.9. The summed E-state index contributed by atoms with van der Waals surface area (Å²) in [5.74, 6) is -2.57. The van der Waals surface area contributed by atoms with Crippen molar-refractivity contribution in [2.75, 3.05) is 0 Å². The molecule has 130 valence electrons. The lowest BCUT2D eigenvalue weighted by Crippen LogP contribution is -2.42. The molecular formula is C19H18O6. The molecule has 1 aromatic carbocycles. The quantitative estimate of drug-likeness (QED) is 0.656. The minimum Gasteiger partial charge on any atom is -0.507 e. The minimum atomic E-state index is -1.22. The lowest BCUT2D eigenvalue weighted by atomic mass is 9.64. The maximum Gasteiger partial charge on any atom is 0.339 e. The maximum absolute atomic E-state index is 11.9. The molecule has 0 aliphatic heterocycles. The Bertz CT molecular complexity index is 865. The Morgan fingerprint density at radius 1 is 1.12 bits per heavy atom. The summed E-state index contributed by atoms with van der Waals surface area (Å²) in [6, 6.07) is 2.93. The van der Waals surface area contributed by atoms with Crippen LogP contribution in [0.25, 0.3) is 6.08 Å². The molecule has 1 aromatic rings. The Labute approximate surface area is 143 Å².